The normalized spacial score (nSPS) is 11.5. The Hall–Kier alpha value is -3.03. The van der Waals surface area contributed by atoms with Crippen LogP contribution in [0.4, 0.5) is 5.69 Å². The van der Waals surface area contributed by atoms with Crippen molar-refractivity contribution in [2.75, 3.05) is 12.4 Å². The standard InChI is InChI=1S/C21H16N2O3S2/c1-25-15-9-7-14(8-10-15)22-21(27)23-20(24)13-6-11-17-19(12-13)28-18-5-3-2-4-16(18)26-17/h2-12H,1H3,(H2,22,23,24,27). The van der Waals surface area contributed by atoms with E-state index in [-0.39, 0.29) is 11.0 Å². The van der Waals surface area contributed by atoms with Crippen molar-refractivity contribution in [1.29, 1.82) is 0 Å². The molecular weight excluding hydrogens is 392 g/mol. The third-order valence-corrected chi connectivity index (χ3v) is 5.37. The predicted octanol–water partition coefficient (Wildman–Crippen LogP) is 5.08. The lowest BCUT2D eigenvalue weighted by Gasteiger charge is -2.19. The highest BCUT2D eigenvalue weighted by Crippen LogP contribution is 2.46. The summed E-state index contributed by atoms with van der Waals surface area (Å²) in [7, 11) is 1.60. The van der Waals surface area contributed by atoms with E-state index < -0.39 is 0 Å². The number of nitrogens with one attached hydrogen (secondary N) is 2. The number of fused-ring (bicyclic) bond motifs is 2. The Morgan fingerprint density at radius 3 is 2.54 bits per heavy atom. The summed E-state index contributed by atoms with van der Waals surface area (Å²) in [4.78, 5) is 14.5. The maximum atomic E-state index is 12.6. The van der Waals surface area contributed by atoms with Crippen LogP contribution in [0, 0.1) is 0 Å². The molecule has 7 heteroatoms. The number of carbonyl (C=O) groups is 1. The lowest BCUT2D eigenvalue weighted by Crippen LogP contribution is -2.34. The van der Waals surface area contributed by atoms with Gasteiger partial charge in [0.05, 0.1) is 16.9 Å². The van der Waals surface area contributed by atoms with Crippen molar-refractivity contribution in [1.82, 2.24) is 5.32 Å². The SMILES string of the molecule is COc1ccc(NC(=S)NC(=O)c2ccc3c(c2)Sc2ccccc2O3)cc1. The highest BCUT2D eigenvalue weighted by molar-refractivity contribution is 7.99. The van der Waals surface area contributed by atoms with Crippen molar-refractivity contribution in [3.05, 3.63) is 72.3 Å². The van der Waals surface area contributed by atoms with E-state index in [0.717, 1.165) is 32.7 Å². The smallest absolute Gasteiger partial charge is 0.257 e. The fourth-order valence-corrected chi connectivity index (χ4v) is 3.88. The van der Waals surface area contributed by atoms with Crippen molar-refractivity contribution in [3.8, 4) is 17.2 Å². The first-order chi connectivity index (χ1) is 13.6. The Morgan fingerprint density at radius 2 is 1.75 bits per heavy atom. The second-order valence-electron chi connectivity index (χ2n) is 5.95. The maximum absolute atomic E-state index is 12.6. The van der Waals surface area contributed by atoms with E-state index in [1.54, 1.807) is 37.1 Å². The van der Waals surface area contributed by atoms with E-state index in [0.29, 0.717) is 5.56 Å². The second-order valence-corrected chi connectivity index (χ2v) is 7.44. The van der Waals surface area contributed by atoms with Crippen LogP contribution >= 0.6 is 24.0 Å². The van der Waals surface area contributed by atoms with Gasteiger partial charge < -0.3 is 14.8 Å². The molecule has 0 bridgehead atoms. The highest BCUT2D eigenvalue weighted by atomic mass is 32.2. The zero-order chi connectivity index (χ0) is 19.5. The molecule has 1 aliphatic heterocycles. The van der Waals surface area contributed by atoms with Crippen LogP contribution in [0.25, 0.3) is 0 Å². The van der Waals surface area contributed by atoms with Gasteiger partial charge in [0.15, 0.2) is 5.11 Å². The van der Waals surface area contributed by atoms with E-state index in [9.17, 15) is 4.79 Å². The van der Waals surface area contributed by atoms with Crippen LogP contribution in [-0.2, 0) is 0 Å². The molecule has 0 unspecified atom stereocenters. The summed E-state index contributed by atoms with van der Waals surface area (Å²) in [5.41, 5.74) is 1.27. The highest BCUT2D eigenvalue weighted by Gasteiger charge is 2.19. The summed E-state index contributed by atoms with van der Waals surface area (Å²) < 4.78 is 11.0. The Bertz CT molecular complexity index is 1050. The largest absolute Gasteiger partial charge is 0.497 e. The fraction of sp³-hybridized carbons (Fsp3) is 0.0476. The number of hydrogen-bond donors (Lipinski definition) is 2. The first kappa shape index (κ1) is 18.3. The van der Waals surface area contributed by atoms with Gasteiger partial charge in [0, 0.05) is 11.3 Å². The Labute approximate surface area is 172 Å². The van der Waals surface area contributed by atoms with Gasteiger partial charge in [-0.2, -0.15) is 0 Å². The number of amides is 1. The summed E-state index contributed by atoms with van der Waals surface area (Å²) in [6, 6.07) is 20.4. The van der Waals surface area contributed by atoms with Gasteiger partial charge in [-0.1, -0.05) is 23.9 Å². The average molecular weight is 409 g/mol. The molecule has 0 atom stereocenters. The molecule has 1 amide bonds. The van der Waals surface area contributed by atoms with E-state index in [4.69, 9.17) is 21.7 Å². The maximum Gasteiger partial charge on any atom is 0.257 e. The second kappa shape index (κ2) is 7.92. The first-order valence-electron chi connectivity index (χ1n) is 8.47. The van der Waals surface area contributed by atoms with Crippen molar-refractivity contribution >= 4 is 40.7 Å². The number of rotatable bonds is 3. The van der Waals surface area contributed by atoms with Gasteiger partial charge in [0.2, 0.25) is 0 Å². The van der Waals surface area contributed by atoms with Gasteiger partial charge >= 0.3 is 0 Å². The van der Waals surface area contributed by atoms with Crippen LogP contribution in [0.1, 0.15) is 10.4 Å². The fourth-order valence-electron chi connectivity index (χ4n) is 2.68. The molecule has 4 rings (SSSR count). The van der Waals surface area contributed by atoms with Gasteiger partial charge in [0.1, 0.15) is 17.2 Å². The lowest BCUT2D eigenvalue weighted by atomic mass is 10.2. The average Bonchev–Trinajstić information content (AvgIpc) is 2.72. The van der Waals surface area contributed by atoms with Gasteiger partial charge in [-0.05, 0) is 66.8 Å². The minimum Gasteiger partial charge on any atom is -0.497 e. The molecule has 5 nitrogen and oxygen atoms in total. The summed E-state index contributed by atoms with van der Waals surface area (Å²) in [5.74, 6) is 2.02. The quantitative estimate of drug-likeness (QED) is 0.461. The Balaban J connectivity index is 1.43. The van der Waals surface area contributed by atoms with E-state index in [1.807, 2.05) is 48.5 Å². The molecule has 2 N–H and O–H groups in total. The van der Waals surface area contributed by atoms with E-state index in [1.165, 1.54) is 0 Å². The number of para-hydroxylation sites is 1. The number of ether oxygens (including phenoxy) is 2. The zero-order valence-corrected chi connectivity index (χ0v) is 16.5. The molecule has 0 radical (unpaired) electrons. The molecule has 0 spiro atoms. The van der Waals surface area contributed by atoms with Crippen LogP contribution in [0.15, 0.2) is 76.5 Å². The molecule has 0 fully saturated rings. The van der Waals surface area contributed by atoms with Crippen LogP contribution in [0.3, 0.4) is 0 Å². The minimum atomic E-state index is -0.284. The molecule has 140 valence electrons. The zero-order valence-electron chi connectivity index (χ0n) is 14.9. The van der Waals surface area contributed by atoms with Crippen LogP contribution in [0.2, 0.25) is 0 Å². The van der Waals surface area contributed by atoms with Gasteiger partial charge in [-0.3, -0.25) is 10.1 Å². The third kappa shape index (κ3) is 3.95. The Morgan fingerprint density at radius 1 is 1.00 bits per heavy atom. The molecule has 1 aliphatic rings. The number of thiocarbonyl (C=S) groups is 1. The molecule has 0 saturated heterocycles. The van der Waals surface area contributed by atoms with E-state index in [2.05, 4.69) is 10.6 Å². The van der Waals surface area contributed by atoms with Gasteiger partial charge in [-0.25, -0.2) is 0 Å². The molecule has 0 aliphatic carbocycles. The predicted molar refractivity (Wildman–Crippen MR) is 114 cm³/mol. The van der Waals surface area contributed by atoms with E-state index >= 15 is 0 Å². The van der Waals surface area contributed by atoms with Crippen molar-refractivity contribution in [3.63, 3.8) is 0 Å². The van der Waals surface area contributed by atoms with Gasteiger partial charge in [-0.15, -0.1) is 0 Å². The monoisotopic (exact) mass is 408 g/mol. The summed E-state index contributed by atoms with van der Waals surface area (Å²) in [6.45, 7) is 0. The molecule has 0 saturated carbocycles. The van der Waals surface area contributed by atoms with Crippen LogP contribution in [-0.4, -0.2) is 18.1 Å². The molecule has 0 aromatic heterocycles. The topological polar surface area (TPSA) is 59.6 Å². The number of methoxy groups -OCH3 is 1. The van der Waals surface area contributed by atoms with Gasteiger partial charge in [0.25, 0.3) is 5.91 Å². The van der Waals surface area contributed by atoms with Crippen molar-refractivity contribution in [2.45, 2.75) is 9.79 Å². The number of anilines is 1. The van der Waals surface area contributed by atoms with Crippen molar-refractivity contribution < 1.29 is 14.3 Å². The molecule has 1 heterocycles. The van der Waals surface area contributed by atoms with Crippen molar-refractivity contribution in [2.24, 2.45) is 0 Å². The Kier molecular flexibility index (Phi) is 5.18. The number of benzene rings is 3. The molecule has 28 heavy (non-hydrogen) atoms. The van der Waals surface area contributed by atoms with Crippen LogP contribution in [0.5, 0.6) is 17.2 Å². The number of carbonyl (C=O) groups excluding carboxylic acids is 1. The summed E-state index contributed by atoms with van der Waals surface area (Å²) in [6.07, 6.45) is 0. The summed E-state index contributed by atoms with van der Waals surface area (Å²) >= 11 is 6.82. The molecular formula is C21H16N2O3S2. The number of hydrogen-bond acceptors (Lipinski definition) is 5. The minimum absolute atomic E-state index is 0.224. The van der Waals surface area contributed by atoms with Crippen LogP contribution < -0.4 is 20.1 Å². The summed E-state index contributed by atoms with van der Waals surface area (Å²) in [5, 5.41) is 5.91. The third-order valence-electron chi connectivity index (χ3n) is 4.07. The first-order valence-corrected chi connectivity index (χ1v) is 9.70. The molecule has 3 aromatic carbocycles. The molecule has 3 aromatic rings. The lowest BCUT2D eigenvalue weighted by molar-refractivity contribution is 0.0977.